The summed E-state index contributed by atoms with van der Waals surface area (Å²) in [7, 11) is 1.58. The first kappa shape index (κ1) is 14.8. The quantitative estimate of drug-likeness (QED) is 0.626. The molecule has 1 atom stereocenters. The van der Waals surface area contributed by atoms with Crippen molar-refractivity contribution in [3.63, 3.8) is 0 Å². The number of halogens is 4. The van der Waals surface area contributed by atoms with Crippen LogP contribution < -0.4 is 4.74 Å². The van der Waals surface area contributed by atoms with E-state index in [9.17, 15) is 0 Å². The molecule has 2 rings (SSSR count). The Kier molecular flexibility index (Phi) is 4.86. The first-order valence-corrected chi connectivity index (χ1v) is 7.02. The van der Waals surface area contributed by atoms with Gasteiger partial charge in [0.15, 0.2) is 0 Å². The minimum Gasteiger partial charge on any atom is -0.497 e. The van der Waals surface area contributed by atoms with Gasteiger partial charge in [-0.25, -0.2) is 0 Å². The lowest BCUT2D eigenvalue weighted by atomic mass is 10.0. The van der Waals surface area contributed by atoms with Crippen LogP contribution in [0.5, 0.6) is 5.75 Å². The summed E-state index contributed by atoms with van der Waals surface area (Å²) in [5, 5.41) is 1.20. The van der Waals surface area contributed by atoms with Crippen LogP contribution in [0.2, 0.25) is 15.1 Å². The number of benzene rings is 2. The molecule has 2 aromatic rings. The zero-order valence-corrected chi connectivity index (χ0v) is 13.0. The van der Waals surface area contributed by atoms with E-state index >= 15 is 0 Å². The zero-order valence-electron chi connectivity index (χ0n) is 9.96. The average molecular weight is 336 g/mol. The summed E-state index contributed by atoms with van der Waals surface area (Å²) in [6, 6.07) is 10.6. The maximum absolute atomic E-state index is 6.43. The molecule has 0 heterocycles. The van der Waals surface area contributed by atoms with Crippen LogP contribution in [0.25, 0.3) is 0 Å². The second-order valence-corrected chi connectivity index (χ2v) is 5.67. The van der Waals surface area contributed by atoms with Gasteiger partial charge in [0.05, 0.1) is 12.5 Å². The SMILES string of the molecule is COc1ccc(C(Cl)c2cc(Cl)cc(Cl)c2)c(Cl)c1. The van der Waals surface area contributed by atoms with Gasteiger partial charge >= 0.3 is 0 Å². The third-order valence-electron chi connectivity index (χ3n) is 2.66. The molecule has 1 unspecified atom stereocenters. The Labute approximate surface area is 132 Å². The molecule has 100 valence electrons. The summed E-state index contributed by atoms with van der Waals surface area (Å²) >= 11 is 24.6. The number of alkyl halides is 1. The van der Waals surface area contributed by atoms with Crippen molar-refractivity contribution in [2.75, 3.05) is 7.11 Å². The molecule has 0 bridgehead atoms. The van der Waals surface area contributed by atoms with E-state index in [1.54, 1.807) is 31.4 Å². The van der Waals surface area contributed by atoms with Gasteiger partial charge in [-0.2, -0.15) is 0 Å². The molecule has 0 spiro atoms. The summed E-state index contributed by atoms with van der Waals surface area (Å²) in [5.41, 5.74) is 1.58. The zero-order chi connectivity index (χ0) is 14.0. The van der Waals surface area contributed by atoms with Crippen LogP contribution in [0, 0.1) is 0 Å². The van der Waals surface area contributed by atoms with Crippen LogP contribution in [-0.4, -0.2) is 7.11 Å². The molecular weight excluding hydrogens is 326 g/mol. The van der Waals surface area contributed by atoms with Crippen molar-refractivity contribution in [2.45, 2.75) is 5.38 Å². The molecule has 0 N–H and O–H groups in total. The van der Waals surface area contributed by atoms with Gasteiger partial charge in [-0.15, -0.1) is 11.6 Å². The third-order valence-corrected chi connectivity index (χ3v) is 3.91. The van der Waals surface area contributed by atoms with E-state index in [1.165, 1.54) is 0 Å². The first-order chi connectivity index (χ1) is 9.01. The average Bonchev–Trinajstić information content (AvgIpc) is 2.36. The van der Waals surface area contributed by atoms with Crippen LogP contribution in [0.15, 0.2) is 36.4 Å². The molecule has 0 fully saturated rings. The Bertz CT molecular complexity index is 578. The standard InChI is InChI=1S/C14H10Cl4O/c1-19-11-2-3-12(13(17)7-11)14(18)8-4-9(15)6-10(16)5-8/h2-7,14H,1H3. The summed E-state index contributed by atoms with van der Waals surface area (Å²) in [4.78, 5) is 0. The lowest BCUT2D eigenvalue weighted by molar-refractivity contribution is 0.414. The van der Waals surface area contributed by atoms with Gasteiger partial charge in [0.25, 0.3) is 0 Å². The van der Waals surface area contributed by atoms with E-state index in [2.05, 4.69) is 0 Å². The molecule has 5 heteroatoms. The van der Waals surface area contributed by atoms with Gasteiger partial charge < -0.3 is 4.74 Å². The predicted octanol–water partition coefficient (Wildman–Crippen LogP) is 5.98. The minimum absolute atomic E-state index is 0.422. The monoisotopic (exact) mass is 334 g/mol. The highest BCUT2D eigenvalue weighted by Crippen LogP contribution is 2.37. The Hall–Kier alpha value is -0.600. The first-order valence-electron chi connectivity index (χ1n) is 5.44. The van der Waals surface area contributed by atoms with Crippen LogP contribution in [-0.2, 0) is 0 Å². The van der Waals surface area contributed by atoms with Crippen LogP contribution in [0.1, 0.15) is 16.5 Å². The second kappa shape index (κ2) is 6.23. The smallest absolute Gasteiger partial charge is 0.120 e. The molecular formula is C14H10Cl4O. The van der Waals surface area contributed by atoms with E-state index in [1.807, 2.05) is 12.1 Å². The Morgan fingerprint density at radius 2 is 1.58 bits per heavy atom. The molecule has 0 radical (unpaired) electrons. The van der Waals surface area contributed by atoms with Crippen LogP contribution in [0.4, 0.5) is 0 Å². The van der Waals surface area contributed by atoms with Gasteiger partial charge in [0.2, 0.25) is 0 Å². The van der Waals surface area contributed by atoms with E-state index in [0.717, 1.165) is 11.1 Å². The third kappa shape index (κ3) is 3.49. The van der Waals surface area contributed by atoms with Crippen LogP contribution in [0.3, 0.4) is 0 Å². The summed E-state index contributed by atoms with van der Waals surface area (Å²) in [6.07, 6.45) is 0. The minimum atomic E-state index is -0.422. The molecule has 0 aliphatic heterocycles. The number of hydrogen-bond donors (Lipinski definition) is 0. The predicted molar refractivity (Wildman–Crippen MR) is 82.2 cm³/mol. The van der Waals surface area contributed by atoms with Crippen molar-refractivity contribution >= 4 is 46.4 Å². The highest BCUT2D eigenvalue weighted by atomic mass is 35.5. The number of hydrogen-bond acceptors (Lipinski definition) is 1. The molecule has 0 saturated carbocycles. The van der Waals surface area contributed by atoms with Gasteiger partial charge in [0.1, 0.15) is 5.75 Å². The van der Waals surface area contributed by atoms with Crippen LogP contribution >= 0.6 is 46.4 Å². The lowest BCUT2D eigenvalue weighted by Gasteiger charge is -2.14. The lowest BCUT2D eigenvalue weighted by Crippen LogP contribution is -1.95. The molecule has 0 aliphatic rings. The fourth-order valence-corrected chi connectivity index (χ4v) is 2.94. The fourth-order valence-electron chi connectivity index (χ4n) is 1.74. The molecule has 0 aliphatic carbocycles. The summed E-state index contributed by atoms with van der Waals surface area (Å²) < 4.78 is 5.10. The van der Waals surface area contributed by atoms with Crippen molar-refractivity contribution in [3.05, 3.63) is 62.6 Å². The number of ether oxygens (including phenoxy) is 1. The highest BCUT2D eigenvalue weighted by Gasteiger charge is 2.16. The molecule has 0 saturated heterocycles. The van der Waals surface area contributed by atoms with Gasteiger partial charge in [-0.3, -0.25) is 0 Å². The van der Waals surface area contributed by atoms with Crippen molar-refractivity contribution in [1.82, 2.24) is 0 Å². The van der Waals surface area contributed by atoms with E-state index in [4.69, 9.17) is 51.1 Å². The Morgan fingerprint density at radius 3 is 2.11 bits per heavy atom. The van der Waals surface area contributed by atoms with Crippen molar-refractivity contribution in [3.8, 4) is 5.75 Å². The van der Waals surface area contributed by atoms with Gasteiger partial charge in [-0.1, -0.05) is 40.9 Å². The van der Waals surface area contributed by atoms with Crippen molar-refractivity contribution in [1.29, 1.82) is 0 Å². The topological polar surface area (TPSA) is 9.23 Å². The van der Waals surface area contributed by atoms with Gasteiger partial charge in [0, 0.05) is 15.1 Å². The molecule has 1 nitrogen and oxygen atoms in total. The van der Waals surface area contributed by atoms with Crippen molar-refractivity contribution in [2.24, 2.45) is 0 Å². The highest BCUT2D eigenvalue weighted by molar-refractivity contribution is 6.35. The van der Waals surface area contributed by atoms with E-state index < -0.39 is 5.38 Å². The van der Waals surface area contributed by atoms with E-state index in [-0.39, 0.29) is 0 Å². The van der Waals surface area contributed by atoms with E-state index in [0.29, 0.717) is 20.8 Å². The molecule has 0 aromatic heterocycles. The molecule has 19 heavy (non-hydrogen) atoms. The Morgan fingerprint density at radius 1 is 0.947 bits per heavy atom. The Balaban J connectivity index is 2.40. The number of methoxy groups -OCH3 is 1. The molecule has 0 amide bonds. The second-order valence-electron chi connectivity index (χ2n) is 3.95. The fraction of sp³-hybridized carbons (Fsp3) is 0.143. The summed E-state index contributed by atoms with van der Waals surface area (Å²) in [5.74, 6) is 0.682. The molecule has 2 aromatic carbocycles. The summed E-state index contributed by atoms with van der Waals surface area (Å²) in [6.45, 7) is 0. The largest absolute Gasteiger partial charge is 0.497 e. The number of rotatable bonds is 3. The maximum atomic E-state index is 6.43. The van der Waals surface area contributed by atoms with Gasteiger partial charge in [-0.05, 0) is 41.5 Å². The van der Waals surface area contributed by atoms with Crippen molar-refractivity contribution < 1.29 is 4.74 Å². The maximum Gasteiger partial charge on any atom is 0.120 e. The normalized spacial score (nSPS) is 12.3.